The van der Waals surface area contributed by atoms with E-state index in [1.807, 2.05) is 19.2 Å². The van der Waals surface area contributed by atoms with Crippen molar-refractivity contribution in [3.8, 4) is 0 Å². The summed E-state index contributed by atoms with van der Waals surface area (Å²) in [6.07, 6.45) is 5.33. The van der Waals surface area contributed by atoms with Crippen LogP contribution in [0.3, 0.4) is 0 Å². The van der Waals surface area contributed by atoms with Gasteiger partial charge in [-0.1, -0.05) is 38.5 Å². The summed E-state index contributed by atoms with van der Waals surface area (Å²) in [5, 5.41) is -0.129. The molecular formula is C21H29BrN2O3SSi. The lowest BCUT2D eigenvalue weighted by Crippen LogP contribution is -2.38. The zero-order valence-electron chi connectivity index (χ0n) is 17.4. The van der Waals surface area contributed by atoms with Crippen molar-refractivity contribution < 1.29 is 13.8 Å². The van der Waals surface area contributed by atoms with Gasteiger partial charge < -0.3 is 4.80 Å². The molecule has 158 valence electrons. The Bertz CT molecular complexity index is 965. The second kappa shape index (κ2) is 9.64. The molecule has 0 fully saturated rings. The highest BCUT2D eigenvalue weighted by molar-refractivity contribution is 9.10. The molecule has 29 heavy (non-hydrogen) atoms. The molecule has 2 aromatic rings. The number of unbranched alkanes of at least 4 members (excludes halogenated alkanes) is 1. The van der Waals surface area contributed by atoms with Gasteiger partial charge in [0, 0.05) is 27.5 Å². The SMILES string of the molecule is CC(C)(CCCC[S@@](=O)(=NC(=O)c1cncc(Br)c1)c1ccccc1)[Si](C)(C)O. The first-order valence-corrected chi connectivity index (χ1v) is 15.0. The first-order chi connectivity index (χ1) is 13.4. The van der Waals surface area contributed by atoms with Gasteiger partial charge in [-0.2, -0.15) is 4.36 Å². The summed E-state index contributed by atoms with van der Waals surface area (Å²) in [7, 11) is -5.18. The van der Waals surface area contributed by atoms with E-state index >= 15 is 0 Å². The molecule has 1 heterocycles. The van der Waals surface area contributed by atoms with Crippen molar-refractivity contribution in [3.63, 3.8) is 0 Å². The molecule has 0 saturated heterocycles. The fraction of sp³-hybridized carbons (Fsp3) is 0.429. The Labute approximate surface area is 183 Å². The van der Waals surface area contributed by atoms with E-state index < -0.39 is 24.0 Å². The summed E-state index contributed by atoms with van der Waals surface area (Å²) >= 11 is 3.30. The lowest BCUT2D eigenvalue weighted by atomic mass is 10.1. The number of halogens is 1. The van der Waals surface area contributed by atoms with Crippen molar-refractivity contribution in [1.29, 1.82) is 0 Å². The summed E-state index contributed by atoms with van der Waals surface area (Å²) in [6, 6.07) is 10.6. The van der Waals surface area contributed by atoms with Gasteiger partial charge in [0.25, 0.3) is 5.91 Å². The molecule has 8 heteroatoms. The minimum atomic E-state index is -2.90. The number of hydrogen-bond acceptors (Lipinski definition) is 4. The molecule has 2 rings (SSSR count). The molecule has 0 aliphatic rings. The van der Waals surface area contributed by atoms with E-state index in [1.165, 1.54) is 6.20 Å². The predicted molar refractivity (Wildman–Crippen MR) is 124 cm³/mol. The third-order valence-corrected chi connectivity index (χ3v) is 11.7. The van der Waals surface area contributed by atoms with Crippen LogP contribution < -0.4 is 0 Å². The van der Waals surface area contributed by atoms with Crippen LogP contribution in [0.2, 0.25) is 18.1 Å². The molecule has 0 aliphatic heterocycles. The highest BCUT2D eigenvalue weighted by atomic mass is 79.9. The molecule has 0 unspecified atom stereocenters. The number of carbonyl (C=O) groups is 1. The molecular weight excluding hydrogens is 468 g/mol. The number of nitrogens with zero attached hydrogens (tertiary/aromatic N) is 2. The van der Waals surface area contributed by atoms with E-state index in [1.54, 1.807) is 36.5 Å². The summed E-state index contributed by atoms with van der Waals surface area (Å²) < 4.78 is 18.5. The molecule has 0 aliphatic carbocycles. The summed E-state index contributed by atoms with van der Waals surface area (Å²) in [5.41, 5.74) is 0.303. The van der Waals surface area contributed by atoms with Crippen molar-refractivity contribution in [3.05, 3.63) is 58.8 Å². The lowest BCUT2D eigenvalue weighted by molar-refractivity contribution is 0.100. The average molecular weight is 498 g/mol. The third-order valence-electron chi connectivity index (χ3n) is 5.42. The van der Waals surface area contributed by atoms with E-state index in [-0.39, 0.29) is 5.04 Å². The van der Waals surface area contributed by atoms with Crippen LogP contribution in [0.15, 0.2) is 62.5 Å². The van der Waals surface area contributed by atoms with E-state index in [0.717, 1.165) is 12.8 Å². The Balaban J connectivity index is 2.24. The largest absolute Gasteiger partial charge is 0.432 e. The standard InChI is InChI=1S/C21H29BrN2O3SSi/c1-21(2,29(3,4)27)12-8-9-13-28(26,19-10-6-5-7-11-19)24-20(25)17-14-18(22)16-23-15-17/h5-7,10-11,14-16,27H,8-9,12-13H2,1-4H3/t28-/m0/s1. The minimum absolute atomic E-state index is 0.129. The van der Waals surface area contributed by atoms with E-state index in [2.05, 4.69) is 39.1 Å². The van der Waals surface area contributed by atoms with Crippen LogP contribution in [0.4, 0.5) is 0 Å². The van der Waals surface area contributed by atoms with Gasteiger partial charge in [0.1, 0.15) is 0 Å². The smallest absolute Gasteiger partial charge is 0.286 e. The number of hydrogen-bond donors (Lipinski definition) is 1. The van der Waals surface area contributed by atoms with Gasteiger partial charge in [-0.3, -0.25) is 9.78 Å². The molecule has 1 aromatic heterocycles. The Morgan fingerprint density at radius 2 is 1.86 bits per heavy atom. The molecule has 1 aromatic carbocycles. The topological polar surface area (TPSA) is 79.6 Å². The van der Waals surface area contributed by atoms with Crippen LogP contribution in [0.1, 0.15) is 43.5 Å². The Morgan fingerprint density at radius 1 is 1.21 bits per heavy atom. The second-order valence-corrected chi connectivity index (χ2v) is 16.1. The predicted octanol–water partition coefficient (Wildman–Crippen LogP) is 5.66. The summed E-state index contributed by atoms with van der Waals surface area (Å²) in [4.78, 5) is 27.7. The van der Waals surface area contributed by atoms with Crippen LogP contribution in [0.5, 0.6) is 0 Å². The first kappa shape index (κ1) is 23.9. The van der Waals surface area contributed by atoms with Crippen LogP contribution in [0, 0.1) is 0 Å². The molecule has 1 atom stereocenters. The molecule has 1 amide bonds. The van der Waals surface area contributed by atoms with Gasteiger partial charge in [0.15, 0.2) is 8.32 Å². The van der Waals surface area contributed by atoms with Gasteiger partial charge in [0.2, 0.25) is 0 Å². The van der Waals surface area contributed by atoms with Crippen LogP contribution in [-0.2, 0) is 9.73 Å². The maximum atomic E-state index is 13.7. The van der Waals surface area contributed by atoms with Gasteiger partial charge in [-0.15, -0.1) is 0 Å². The van der Waals surface area contributed by atoms with Gasteiger partial charge in [-0.25, -0.2) is 4.21 Å². The first-order valence-electron chi connectivity index (χ1n) is 9.62. The van der Waals surface area contributed by atoms with E-state index in [9.17, 15) is 13.8 Å². The quantitative estimate of drug-likeness (QED) is 0.377. The number of benzene rings is 1. The van der Waals surface area contributed by atoms with E-state index in [4.69, 9.17) is 0 Å². The lowest BCUT2D eigenvalue weighted by Gasteiger charge is -2.35. The highest BCUT2D eigenvalue weighted by Crippen LogP contribution is 2.40. The number of pyridine rings is 1. The van der Waals surface area contributed by atoms with Crippen molar-refractivity contribution in [1.82, 2.24) is 4.98 Å². The molecule has 0 saturated carbocycles. The number of aromatic nitrogens is 1. The fourth-order valence-electron chi connectivity index (χ4n) is 2.74. The molecule has 5 nitrogen and oxygen atoms in total. The van der Waals surface area contributed by atoms with Crippen LogP contribution >= 0.6 is 15.9 Å². The average Bonchev–Trinajstić information content (AvgIpc) is 2.65. The fourth-order valence-corrected chi connectivity index (χ4v) is 5.87. The molecule has 0 bridgehead atoms. The van der Waals surface area contributed by atoms with Crippen molar-refractivity contribution in [2.24, 2.45) is 4.36 Å². The minimum Gasteiger partial charge on any atom is -0.432 e. The van der Waals surface area contributed by atoms with Crippen molar-refractivity contribution in [2.75, 3.05) is 5.75 Å². The van der Waals surface area contributed by atoms with Crippen molar-refractivity contribution >= 4 is 39.9 Å². The van der Waals surface area contributed by atoms with Gasteiger partial charge >= 0.3 is 0 Å². The molecule has 0 radical (unpaired) electrons. The second-order valence-electron chi connectivity index (χ2n) is 8.35. The maximum absolute atomic E-state index is 13.7. The van der Waals surface area contributed by atoms with Gasteiger partial charge in [0.05, 0.1) is 15.3 Å². The zero-order chi connectivity index (χ0) is 21.7. The zero-order valence-corrected chi connectivity index (χ0v) is 20.8. The monoisotopic (exact) mass is 496 g/mol. The summed E-state index contributed by atoms with van der Waals surface area (Å²) in [6.45, 7) is 8.06. The van der Waals surface area contributed by atoms with Crippen LogP contribution in [-0.4, -0.2) is 34.0 Å². The normalized spacial score (nSPS) is 14.3. The number of rotatable bonds is 8. The highest BCUT2D eigenvalue weighted by Gasteiger charge is 2.37. The summed E-state index contributed by atoms with van der Waals surface area (Å²) in [5.74, 6) is -0.231. The Morgan fingerprint density at radius 3 is 2.45 bits per heavy atom. The number of amides is 1. The van der Waals surface area contributed by atoms with E-state index in [0.29, 0.717) is 27.1 Å². The Kier molecular flexibility index (Phi) is 7.95. The van der Waals surface area contributed by atoms with Crippen LogP contribution in [0.25, 0.3) is 0 Å². The Hall–Kier alpha value is -1.35. The molecule has 1 N–H and O–H groups in total. The van der Waals surface area contributed by atoms with Gasteiger partial charge in [-0.05, 0) is 65.1 Å². The maximum Gasteiger partial charge on any atom is 0.286 e. The van der Waals surface area contributed by atoms with Crippen molar-refractivity contribution in [2.45, 2.75) is 56.1 Å². The molecule has 0 spiro atoms. The number of carbonyl (C=O) groups excluding carboxylic acids is 1. The third kappa shape index (κ3) is 6.57.